The highest BCUT2D eigenvalue weighted by Crippen LogP contribution is 2.77. The molecule has 0 aromatic heterocycles. The SMILES string of the molecule is CC(C)(C)c1ccc([P+]23Oc4cc(O)c(O)c(c4O2)O3)cc1. The van der Waals surface area contributed by atoms with Crippen molar-refractivity contribution in [2.24, 2.45) is 0 Å². The van der Waals surface area contributed by atoms with E-state index in [0.29, 0.717) is 11.5 Å². The smallest absolute Gasteiger partial charge is 0.504 e. The number of aromatic hydroxyl groups is 2. The van der Waals surface area contributed by atoms with Crippen molar-refractivity contribution in [3.05, 3.63) is 35.9 Å². The fourth-order valence-corrected chi connectivity index (χ4v) is 4.72. The average Bonchev–Trinajstić information content (AvgIpc) is 3.02. The third kappa shape index (κ3) is 1.69. The Bertz CT molecular complexity index is 775. The van der Waals surface area contributed by atoms with E-state index >= 15 is 0 Å². The molecule has 2 aliphatic rings. The molecule has 0 amide bonds. The minimum absolute atomic E-state index is 0.0560. The Kier molecular flexibility index (Phi) is 2.45. The maximum absolute atomic E-state index is 9.88. The molecule has 2 heterocycles. The van der Waals surface area contributed by atoms with E-state index in [0.717, 1.165) is 5.30 Å². The van der Waals surface area contributed by atoms with Gasteiger partial charge in [0.05, 0.1) is 0 Å². The summed E-state index contributed by atoms with van der Waals surface area (Å²) in [5, 5.41) is 20.3. The van der Waals surface area contributed by atoms with E-state index in [2.05, 4.69) is 20.8 Å². The van der Waals surface area contributed by atoms with Gasteiger partial charge in [-0.25, -0.2) is 0 Å². The molecule has 22 heavy (non-hydrogen) atoms. The van der Waals surface area contributed by atoms with Gasteiger partial charge in [-0.1, -0.05) is 32.9 Å². The second-order valence-corrected chi connectivity index (χ2v) is 8.53. The molecular formula is C16H16O5P+. The Morgan fingerprint density at radius 1 is 0.909 bits per heavy atom. The van der Waals surface area contributed by atoms with Crippen LogP contribution in [0.1, 0.15) is 26.3 Å². The molecule has 0 saturated heterocycles. The summed E-state index contributed by atoms with van der Waals surface area (Å²) in [5.74, 6) is 0.346. The van der Waals surface area contributed by atoms with Crippen molar-refractivity contribution in [3.63, 3.8) is 0 Å². The van der Waals surface area contributed by atoms with Crippen LogP contribution in [0.5, 0.6) is 28.7 Å². The number of rotatable bonds is 1. The van der Waals surface area contributed by atoms with Gasteiger partial charge < -0.3 is 10.2 Å². The molecule has 0 radical (unpaired) electrons. The first-order chi connectivity index (χ1) is 10.3. The van der Waals surface area contributed by atoms with Gasteiger partial charge in [0.2, 0.25) is 16.8 Å². The lowest BCUT2D eigenvalue weighted by Gasteiger charge is -2.19. The van der Waals surface area contributed by atoms with E-state index in [-0.39, 0.29) is 22.7 Å². The molecule has 1 atom stereocenters. The van der Waals surface area contributed by atoms with Gasteiger partial charge in [-0.2, -0.15) is 0 Å². The fraction of sp³-hybridized carbons (Fsp3) is 0.250. The highest BCUT2D eigenvalue weighted by Gasteiger charge is 2.66. The summed E-state index contributed by atoms with van der Waals surface area (Å²) in [6.07, 6.45) is 0. The van der Waals surface area contributed by atoms with Gasteiger partial charge >= 0.3 is 7.94 Å². The van der Waals surface area contributed by atoms with E-state index < -0.39 is 7.94 Å². The molecule has 2 N–H and O–H groups in total. The molecule has 0 fully saturated rings. The van der Waals surface area contributed by atoms with Gasteiger partial charge in [0.1, 0.15) is 0 Å². The van der Waals surface area contributed by atoms with Crippen LogP contribution >= 0.6 is 7.94 Å². The van der Waals surface area contributed by atoms with E-state index in [9.17, 15) is 10.2 Å². The van der Waals surface area contributed by atoms with Gasteiger partial charge in [0.25, 0.3) is 11.5 Å². The summed E-state index contributed by atoms with van der Waals surface area (Å²) in [6.45, 7) is 6.44. The molecule has 4 rings (SSSR count). The second-order valence-electron chi connectivity index (χ2n) is 6.47. The lowest BCUT2D eigenvalue weighted by atomic mass is 9.87. The van der Waals surface area contributed by atoms with E-state index in [1.165, 1.54) is 11.6 Å². The molecule has 1 unspecified atom stereocenters. The Morgan fingerprint density at radius 2 is 1.55 bits per heavy atom. The number of hydrogen-bond acceptors (Lipinski definition) is 5. The predicted octanol–water partition coefficient (Wildman–Crippen LogP) is 3.65. The molecule has 0 aliphatic carbocycles. The van der Waals surface area contributed by atoms with Crippen molar-refractivity contribution in [2.75, 3.05) is 0 Å². The maximum Gasteiger partial charge on any atom is 0.580 e. The molecule has 2 aliphatic heterocycles. The monoisotopic (exact) mass is 319 g/mol. The van der Waals surface area contributed by atoms with Crippen LogP contribution in [0.3, 0.4) is 0 Å². The number of phenols is 2. The summed E-state index contributed by atoms with van der Waals surface area (Å²) in [6, 6.07) is 9.26. The normalized spacial score (nSPS) is 21.2. The summed E-state index contributed by atoms with van der Waals surface area (Å²) >= 11 is 0. The molecule has 2 bridgehead atoms. The van der Waals surface area contributed by atoms with E-state index in [1.54, 1.807) is 0 Å². The van der Waals surface area contributed by atoms with Crippen LogP contribution in [0.25, 0.3) is 0 Å². The molecule has 0 saturated carbocycles. The fourth-order valence-electron chi connectivity index (χ4n) is 2.56. The lowest BCUT2D eigenvalue weighted by molar-refractivity contribution is 0.372. The molecule has 5 nitrogen and oxygen atoms in total. The Hall–Kier alpha value is -2.13. The Morgan fingerprint density at radius 3 is 2.18 bits per heavy atom. The van der Waals surface area contributed by atoms with Gasteiger partial charge in [0.15, 0.2) is 5.75 Å². The molecular weight excluding hydrogens is 303 g/mol. The van der Waals surface area contributed by atoms with Crippen LogP contribution in [-0.4, -0.2) is 10.2 Å². The quantitative estimate of drug-likeness (QED) is 0.620. The lowest BCUT2D eigenvalue weighted by Crippen LogP contribution is -2.21. The van der Waals surface area contributed by atoms with Crippen LogP contribution < -0.4 is 18.9 Å². The van der Waals surface area contributed by atoms with Crippen LogP contribution in [-0.2, 0) is 5.41 Å². The molecule has 0 spiro atoms. The largest absolute Gasteiger partial charge is 0.580 e. The molecule has 2 aromatic carbocycles. The van der Waals surface area contributed by atoms with Gasteiger partial charge in [-0.05, 0) is 23.1 Å². The Balaban J connectivity index is 1.75. The topological polar surface area (TPSA) is 68.2 Å². The highest BCUT2D eigenvalue weighted by atomic mass is 31.2. The van der Waals surface area contributed by atoms with Crippen LogP contribution in [0.15, 0.2) is 30.3 Å². The van der Waals surface area contributed by atoms with Crippen molar-refractivity contribution in [1.82, 2.24) is 0 Å². The van der Waals surface area contributed by atoms with E-state index in [4.69, 9.17) is 13.6 Å². The minimum atomic E-state index is -2.77. The Labute approximate surface area is 128 Å². The maximum atomic E-state index is 9.88. The summed E-state index contributed by atoms with van der Waals surface area (Å²) < 4.78 is 17.4. The summed E-state index contributed by atoms with van der Waals surface area (Å²) in [7, 11) is -2.77. The minimum Gasteiger partial charge on any atom is -0.504 e. The number of benzene rings is 2. The first kappa shape index (κ1) is 13.5. The van der Waals surface area contributed by atoms with Gasteiger partial charge in [-0.15, -0.1) is 0 Å². The summed E-state index contributed by atoms with van der Waals surface area (Å²) in [4.78, 5) is 0. The van der Waals surface area contributed by atoms with Crippen molar-refractivity contribution in [3.8, 4) is 28.7 Å². The average molecular weight is 319 g/mol. The highest BCUT2D eigenvalue weighted by molar-refractivity contribution is 7.71. The van der Waals surface area contributed by atoms with Crippen molar-refractivity contribution in [1.29, 1.82) is 0 Å². The number of hydrogen-bond donors (Lipinski definition) is 2. The third-order valence-corrected chi connectivity index (χ3v) is 6.06. The number of fused-ring (bicyclic) bond motifs is 1. The molecule has 6 heteroatoms. The molecule has 2 aromatic rings. The van der Waals surface area contributed by atoms with Crippen molar-refractivity contribution in [2.45, 2.75) is 26.2 Å². The summed E-state index contributed by atoms with van der Waals surface area (Å²) in [5.41, 5.74) is 1.25. The molecule has 114 valence electrons. The predicted molar refractivity (Wildman–Crippen MR) is 83.4 cm³/mol. The zero-order chi connectivity index (χ0) is 15.7. The zero-order valence-electron chi connectivity index (χ0n) is 12.5. The number of phenolic OH excluding ortho intramolecular Hbond substituents is 2. The first-order valence-electron chi connectivity index (χ1n) is 6.98. The standard InChI is InChI=1S/C16H15O5P/c1-16(2,3)9-4-6-10(7-5-9)22-19-12-8-11(17)13(18)15(21-22)14(12)20-22/h4-8H,1-3H3,(H-,17,18)/p+1. The second kappa shape index (κ2) is 3.99. The van der Waals surface area contributed by atoms with E-state index in [1.807, 2.05) is 24.3 Å². The third-order valence-electron chi connectivity index (χ3n) is 3.85. The first-order valence-corrected chi connectivity index (χ1v) is 8.52. The zero-order valence-corrected chi connectivity index (χ0v) is 13.3. The van der Waals surface area contributed by atoms with Crippen LogP contribution in [0, 0.1) is 0 Å². The van der Waals surface area contributed by atoms with Crippen LogP contribution in [0.4, 0.5) is 0 Å². The van der Waals surface area contributed by atoms with Crippen molar-refractivity contribution < 1.29 is 23.8 Å². The van der Waals surface area contributed by atoms with Gasteiger partial charge in [0, 0.05) is 6.07 Å². The van der Waals surface area contributed by atoms with Crippen molar-refractivity contribution >= 4 is 13.2 Å². The van der Waals surface area contributed by atoms with Crippen LogP contribution in [0.2, 0.25) is 0 Å². The van der Waals surface area contributed by atoms with Gasteiger partial charge in [-0.3, -0.25) is 13.6 Å².